The number of aromatic nitrogens is 4. The van der Waals surface area contributed by atoms with Gasteiger partial charge in [0.15, 0.2) is 0 Å². The number of aliphatic hydroxyl groups is 1. The second-order valence-corrected chi connectivity index (χ2v) is 4.18. The number of hydrogen-bond donors (Lipinski definition) is 2. The fraction of sp³-hybridized carbons (Fsp3) is 0.0714. The van der Waals surface area contributed by atoms with Gasteiger partial charge in [-0.2, -0.15) is 4.98 Å². The summed E-state index contributed by atoms with van der Waals surface area (Å²) >= 11 is 0. The van der Waals surface area contributed by atoms with Crippen LogP contribution in [0.4, 0.5) is 11.8 Å². The lowest BCUT2D eigenvalue weighted by Gasteiger charge is -2.02. The van der Waals surface area contributed by atoms with E-state index in [1.54, 1.807) is 29.3 Å². The van der Waals surface area contributed by atoms with Gasteiger partial charge in [0, 0.05) is 6.20 Å². The zero-order chi connectivity index (χ0) is 13.8. The Kier molecular flexibility index (Phi) is 3.38. The number of rotatable bonds is 4. The molecule has 0 atom stereocenters. The van der Waals surface area contributed by atoms with Crippen LogP contribution in [-0.2, 0) is 6.61 Å². The first-order chi connectivity index (χ1) is 9.85. The van der Waals surface area contributed by atoms with Crippen LogP contribution in [0.3, 0.4) is 0 Å². The van der Waals surface area contributed by atoms with Gasteiger partial charge in [-0.15, -0.1) is 5.10 Å². The third-order valence-electron chi connectivity index (χ3n) is 2.76. The van der Waals surface area contributed by atoms with Crippen molar-refractivity contribution in [2.45, 2.75) is 6.61 Å². The van der Waals surface area contributed by atoms with Crippen molar-refractivity contribution in [2.75, 3.05) is 5.32 Å². The molecule has 0 saturated heterocycles. The molecule has 2 heterocycles. The molecular weight excluding hydrogens is 254 g/mol. The summed E-state index contributed by atoms with van der Waals surface area (Å²) < 4.78 is 1.68. The third kappa shape index (κ3) is 2.65. The van der Waals surface area contributed by atoms with Crippen LogP contribution >= 0.6 is 0 Å². The Bertz CT molecular complexity index is 696. The number of aliphatic hydroxyl groups excluding tert-OH is 1. The van der Waals surface area contributed by atoms with Crippen molar-refractivity contribution in [1.29, 1.82) is 0 Å². The summed E-state index contributed by atoms with van der Waals surface area (Å²) in [5, 5.41) is 16.4. The fourth-order valence-corrected chi connectivity index (χ4v) is 1.78. The van der Waals surface area contributed by atoms with Gasteiger partial charge in [-0.1, -0.05) is 18.2 Å². The lowest BCUT2D eigenvalue weighted by Crippen LogP contribution is -1.99. The molecule has 0 unspecified atom stereocenters. The Hall–Kier alpha value is -2.73. The highest BCUT2D eigenvalue weighted by Crippen LogP contribution is 2.13. The van der Waals surface area contributed by atoms with Crippen molar-refractivity contribution in [3.8, 4) is 5.69 Å². The molecule has 0 aliphatic carbocycles. The van der Waals surface area contributed by atoms with Gasteiger partial charge in [-0.25, -0.2) is 9.67 Å². The van der Waals surface area contributed by atoms with Gasteiger partial charge in [0.2, 0.25) is 5.95 Å². The van der Waals surface area contributed by atoms with Crippen LogP contribution in [-0.4, -0.2) is 24.9 Å². The van der Waals surface area contributed by atoms with Crippen molar-refractivity contribution >= 4 is 11.8 Å². The highest BCUT2D eigenvalue weighted by molar-refractivity contribution is 5.48. The maximum Gasteiger partial charge on any atom is 0.248 e. The van der Waals surface area contributed by atoms with E-state index in [4.69, 9.17) is 5.11 Å². The molecule has 20 heavy (non-hydrogen) atoms. The zero-order valence-electron chi connectivity index (χ0n) is 10.6. The number of benzene rings is 1. The van der Waals surface area contributed by atoms with E-state index < -0.39 is 0 Å². The summed E-state index contributed by atoms with van der Waals surface area (Å²) in [6.45, 7) is -0.0247. The van der Waals surface area contributed by atoms with Gasteiger partial charge < -0.3 is 10.4 Å². The minimum absolute atomic E-state index is 0.0247. The average Bonchev–Trinajstić information content (AvgIpc) is 2.97. The molecule has 0 fully saturated rings. The highest BCUT2D eigenvalue weighted by atomic mass is 16.3. The van der Waals surface area contributed by atoms with Gasteiger partial charge in [0.25, 0.3) is 0 Å². The smallest absolute Gasteiger partial charge is 0.248 e. The largest absolute Gasteiger partial charge is 0.392 e. The Morgan fingerprint density at radius 3 is 2.75 bits per heavy atom. The number of nitrogens with zero attached hydrogens (tertiary/aromatic N) is 4. The number of pyridine rings is 1. The van der Waals surface area contributed by atoms with Gasteiger partial charge in [-0.05, 0) is 29.8 Å². The van der Waals surface area contributed by atoms with Crippen molar-refractivity contribution in [3.63, 3.8) is 0 Å². The van der Waals surface area contributed by atoms with E-state index in [0.717, 1.165) is 11.3 Å². The maximum absolute atomic E-state index is 9.09. The van der Waals surface area contributed by atoms with Crippen LogP contribution in [0.15, 0.2) is 55.0 Å². The Labute approximate surface area is 115 Å². The monoisotopic (exact) mass is 267 g/mol. The maximum atomic E-state index is 9.09. The molecular formula is C14H13N5O. The summed E-state index contributed by atoms with van der Waals surface area (Å²) in [6, 6.07) is 13.2. The predicted octanol–water partition coefficient (Wildman–Crippen LogP) is 1.90. The van der Waals surface area contributed by atoms with Crippen LogP contribution in [0.2, 0.25) is 0 Å². The summed E-state index contributed by atoms with van der Waals surface area (Å²) in [4.78, 5) is 8.33. The van der Waals surface area contributed by atoms with E-state index >= 15 is 0 Å². The second-order valence-electron chi connectivity index (χ2n) is 4.18. The van der Waals surface area contributed by atoms with Crippen LogP contribution in [0.5, 0.6) is 0 Å². The molecule has 0 aliphatic heterocycles. The molecule has 0 amide bonds. The van der Waals surface area contributed by atoms with Crippen molar-refractivity contribution < 1.29 is 5.11 Å². The van der Waals surface area contributed by atoms with E-state index in [-0.39, 0.29) is 6.61 Å². The van der Waals surface area contributed by atoms with E-state index in [9.17, 15) is 0 Å². The summed E-state index contributed by atoms with van der Waals surface area (Å²) in [5.41, 5.74) is 1.72. The van der Waals surface area contributed by atoms with Crippen LogP contribution in [0.25, 0.3) is 5.69 Å². The lowest BCUT2D eigenvalue weighted by atomic mass is 10.3. The van der Waals surface area contributed by atoms with Gasteiger partial charge in [-0.3, -0.25) is 0 Å². The first kappa shape index (κ1) is 12.3. The molecule has 0 saturated carbocycles. The topological polar surface area (TPSA) is 75.9 Å². The molecule has 0 radical (unpaired) electrons. The van der Waals surface area contributed by atoms with Gasteiger partial charge >= 0.3 is 0 Å². The summed E-state index contributed by atoms with van der Waals surface area (Å²) in [6.07, 6.45) is 3.26. The average molecular weight is 267 g/mol. The lowest BCUT2D eigenvalue weighted by molar-refractivity contribution is 0.282. The second kappa shape index (κ2) is 5.50. The fourth-order valence-electron chi connectivity index (χ4n) is 1.78. The first-order valence-electron chi connectivity index (χ1n) is 6.15. The molecule has 2 N–H and O–H groups in total. The SMILES string of the molecule is OCc1ccnc(Nc2ncn(-c3ccccc3)n2)c1. The molecule has 100 valence electrons. The van der Waals surface area contributed by atoms with Crippen LogP contribution in [0, 0.1) is 0 Å². The van der Waals surface area contributed by atoms with Gasteiger partial charge in [0.1, 0.15) is 12.1 Å². The van der Waals surface area contributed by atoms with E-state index in [1.807, 2.05) is 30.3 Å². The van der Waals surface area contributed by atoms with E-state index in [0.29, 0.717) is 11.8 Å². The normalized spacial score (nSPS) is 10.4. The number of anilines is 2. The van der Waals surface area contributed by atoms with Crippen molar-refractivity contribution in [1.82, 2.24) is 19.7 Å². The van der Waals surface area contributed by atoms with E-state index in [1.165, 1.54) is 0 Å². The van der Waals surface area contributed by atoms with Crippen LogP contribution in [0.1, 0.15) is 5.56 Å². The quantitative estimate of drug-likeness (QED) is 0.755. The van der Waals surface area contributed by atoms with Crippen molar-refractivity contribution in [3.05, 3.63) is 60.6 Å². The minimum Gasteiger partial charge on any atom is -0.392 e. The third-order valence-corrected chi connectivity index (χ3v) is 2.76. The molecule has 6 nitrogen and oxygen atoms in total. The van der Waals surface area contributed by atoms with Gasteiger partial charge in [0.05, 0.1) is 12.3 Å². The molecule has 2 aromatic heterocycles. The number of nitrogens with one attached hydrogen (secondary N) is 1. The zero-order valence-corrected chi connectivity index (χ0v) is 10.6. The van der Waals surface area contributed by atoms with Crippen molar-refractivity contribution in [2.24, 2.45) is 0 Å². The predicted molar refractivity (Wildman–Crippen MR) is 74.8 cm³/mol. The first-order valence-corrected chi connectivity index (χ1v) is 6.15. The molecule has 3 rings (SSSR count). The molecule has 0 spiro atoms. The summed E-state index contributed by atoms with van der Waals surface area (Å²) in [7, 11) is 0. The standard InChI is InChI=1S/C14H13N5O/c20-9-11-6-7-15-13(8-11)17-14-16-10-19(18-14)12-4-2-1-3-5-12/h1-8,10,20H,9H2,(H,15,17,18). The number of para-hydroxylation sites is 1. The Morgan fingerprint density at radius 2 is 1.95 bits per heavy atom. The molecule has 1 aromatic carbocycles. The number of hydrogen-bond acceptors (Lipinski definition) is 5. The molecule has 3 aromatic rings. The minimum atomic E-state index is -0.0247. The molecule has 0 aliphatic rings. The summed E-state index contributed by atoms with van der Waals surface area (Å²) in [5.74, 6) is 1.05. The molecule has 6 heteroatoms. The molecule has 0 bridgehead atoms. The van der Waals surface area contributed by atoms with E-state index in [2.05, 4.69) is 20.4 Å². The Morgan fingerprint density at radius 1 is 1.10 bits per heavy atom. The highest BCUT2D eigenvalue weighted by Gasteiger charge is 2.04. The van der Waals surface area contributed by atoms with Crippen LogP contribution < -0.4 is 5.32 Å². The Balaban J connectivity index is 1.80.